The van der Waals surface area contributed by atoms with E-state index in [1.54, 1.807) is 0 Å². The van der Waals surface area contributed by atoms with E-state index >= 15 is 0 Å². The molecule has 0 spiro atoms. The first kappa shape index (κ1) is 20.3. The Morgan fingerprint density at radius 1 is 1.23 bits per heavy atom. The molecule has 3 amide bonds. The number of primary amides is 1. The lowest BCUT2D eigenvalue weighted by molar-refractivity contribution is 0.0998. The van der Waals surface area contributed by atoms with Crippen molar-refractivity contribution < 1.29 is 9.59 Å². The number of nitrogens with one attached hydrogen (secondary N) is 2. The number of amides is 3. The molecule has 4 N–H and O–H groups in total. The maximum absolute atomic E-state index is 12.1. The predicted octanol–water partition coefficient (Wildman–Crippen LogP) is 4.01. The van der Waals surface area contributed by atoms with Crippen LogP contribution in [0, 0.1) is 12.3 Å². The van der Waals surface area contributed by atoms with Gasteiger partial charge in [-0.1, -0.05) is 62.4 Å². The Hall–Kier alpha value is -2.06. The van der Waals surface area contributed by atoms with E-state index in [0.29, 0.717) is 22.3 Å². The first-order chi connectivity index (χ1) is 12.2. The molecule has 140 valence electrons. The first-order valence-corrected chi connectivity index (χ1v) is 9.94. The zero-order valence-corrected chi connectivity index (χ0v) is 17.0. The fraction of sp³-hybridized carbons (Fsp3) is 0.389. The van der Waals surface area contributed by atoms with Crippen LogP contribution in [0.25, 0.3) is 0 Å². The number of nitrogens with two attached hydrogens (primary N) is 1. The van der Waals surface area contributed by atoms with Gasteiger partial charge in [0.05, 0.1) is 0 Å². The molecule has 0 aliphatic heterocycles. The number of thioether (sulfide) groups is 1. The van der Waals surface area contributed by atoms with Crippen LogP contribution in [0.3, 0.4) is 0 Å². The third kappa shape index (κ3) is 6.03. The molecule has 1 aromatic heterocycles. The van der Waals surface area contributed by atoms with Crippen molar-refractivity contribution in [1.29, 1.82) is 0 Å². The quantitative estimate of drug-likeness (QED) is 0.647. The summed E-state index contributed by atoms with van der Waals surface area (Å²) >= 11 is 2.49. The lowest BCUT2D eigenvalue weighted by atomic mass is 9.97. The number of benzene rings is 1. The summed E-state index contributed by atoms with van der Waals surface area (Å²) in [6.45, 7) is 8.61. The molecule has 8 heteroatoms. The van der Waals surface area contributed by atoms with Gasteiger partial charge in [-0.3, -0.25) is 10.1 Å². The summed E-state index contributed by atoms with van der Waals surface area (Å²) in [4.78, 5) is 23.9. The summed E-state index contributed by atoms with van der Waals surface area (Å²) in [7, 11) is 0. The zero-order chi connectivity index (χ0) is 19.3. The van der Waals surface area contributed by atoms with Crippen LogP contribution < -0.4 is 16.4 Å². The van der Waals surface area contributed by atoms with E-state index in [2.05, 4.69) is 15.0 Å². The van der Waals surface area contributed by atoms with E-state index in [0.717, 1.165) is 17.1 Å². The highest BCUT2D eigenvalue weighted by molar-refractivity contribution is 7.98. The van der Waals surface area contributed by atoms with Crippen molar-refractivity contribution in [1.82, 2.24) is 9.69 Å². The highest BCUT2D eigenvalue weighted by Gasteiger charge is 2.21. The van der Waals surface area contributed by atoms with Crippen molar-refractivity contribution in [2.75, 3.05) is 11.9 Å². The largest absolute Gasteiger partial charge is 0.365 e. The number of urea groups is 1. The van der Waals surface area contributed by atoms with Gasteiger partial charge in [-0.15, -0.1) is 0 Å². The molecule has 0 atom stereocenters. The standard InChI is InChI=1S/C18H24N4O2S2/c1-11-5-7-12(8-6-11)9-25-16-13(14(19)23)15(26-22-16)21-17(24)20-10-18(2,3)4/h5-8H,9-10H2,1-4H3,(H2,19,23)(H2,20,21,24). The number of carbonyl (C=O) groups is 2. The molecule has 0 saturated heterocycles. The van der Waals surface area contributed by atoms with Crippen molar-refractivity contribution in [3.8, 4) is 0 Å². The molecule has 0 aliphatic rings. The normalized spacial score (nSPS) is 11.2. The third-order valence-electron chi connectivity index (χ3n) is 3.41. The number of hydrogen-bond donors (Lipinski definition) is 3. The fourth-order valence-electron chi connectivity index (χ4n) is 2.01. The Bertz CT molecular complexity index is 779. The maximum Gasteiger partial charge on any atom is 0.319 e. The van der Waals surface area contributed by atoms with Gasteiger partial charge in [0.2, 0.25) is 0 Å². The van der Waals surface area contributed by atoms with Gasteiger partial charge in [0.15, 0.2) is 0 Å². The predicted molar refractivity (Wildman–Crippen MR) is 108 cm³/mol. The molecular weight excluding hydrogens is 368 g/mol. The average Bonchev–Trinajstić information content (AvgIpc) is 2.94. The fourth-order valence-corrected chi connectivity index (χ4v) is 3.93. The molecule has 0 fully saturated rings. The lowest BCUT2D eigenvalue weighted by Crippen LogP contribution is -2.35. The molecule has 26 heavy (non-hydrogen) atoms. The summed E-state index contributed by atoms with van der Waals surface area (Å²) in [6.07, 6.45) is 0. The Balaban J connectivity index is 2.06. The minimum atomic E-state index is -0.601. The number of nitrogens with zero attached hydrogens (tertiary/aromatic N) is 1. The summed E-state index contributed by atoms with van der Waals surface area (Å²) in [6, 6.07) is 7.79. The third-order valence-corrected chi connectivity index (χ3v) is 5.33. The summed E-state index contributed by atoms with van der Waals surface area (Å²) < 4.78 is 4.29. The number of hydrogen-bond acceptors (Lipinski definition) is 5. The van der Waals surface area contributed by atoms with Crippen LogP contribution in [0.4, 0.5) is 9.80 Å². The Morgan fingerprint density at radius 2 is 1.88 bits per heavy atom. The molecular formula is C18H24N4O2S2. The molecule has 0 bridgehead atoms. The molecule has 6 nitrogen and oxygen atoms in total. The molecule has 2 aromatic rings. The molecule has 2 rings (SSSR count). The van der Waals surface area contributed by atoms with E-state index in [9.17, 15) is 9.59 Å². The highest BCUT2D eigenvalue weighted by Crippen LogP contribution is 2.33. The highest BCUT2D eigenvalue weighted by atomic mass is 32.2. The summed E-state index contributed by atoms with van der Waals surface area (Å²) in [5.41, 5.74) is 8.06. The smallest absolute Gasteiger partial charge is 0.319 e. The van der Waals surface area contributed by atoms with Crippen molar-refractivity contribution in [2.24, 2.45) is 11.1 Å². The molecule has 1 aromatic carbocycles. The van der Waals surface area contributed by atoms with Crippen LogP contribution in [-0.4, -0.2) is 22.9 Å². The lowest BCUT2D eigenvalue weighted by Gasteiger charge is -2.18. The van der Waals surface area contributed by atoms with Crippen molar-refractivity contribution in [2.45, 2.75) is 38.5 Å². The van der Waals surface area contributed by atoms with Gasteiger partial charge in [0.25, 0.3) is 5.91 Å². The molecule has 0 saturated carbocycles. The SMILES string of the molecule is Cc1ccc(CSc2nsc(NC(=O)NCC(C)(C)C)c2C(N)=O)cc1. The Kier molecular flexibility index (Phi) is 6.66. The molecule has 0 radical (unpaired) electrons. The summed E-state index contributed by atoms with van der Waals surface area (Å²) in [5, 5.41) is 6.37. The Morgan fingerprint density at radius 3 is 2.46 bits per heavy atom. The van der Waals surface area contributed by atoms with Crippen LogP contribution in [-0.2, 0) is 5.75 Å². The van der Waals surface area contributed by atoms with Gasteiger partial charge < -0.3 is 11.1 Å². The zero-order valence-electron chi connectivity index (χ0n) is 15.4. The Labute approximate surface area is 162 Å². The molecule has 0 aliphatic carbocycles. The van der Waals surface area contributed by atoms with E-state index in [4.69, 9.17) is 5.73 Å². The minimum Gasteiger partial charge on any atom is -0.365 e. The van der Waals surface area contributed by atoms with E-state index in [-0.39, 0.29) is 17.0 Å². The average molecular weight is 393 g/mol. The van der Waals surface area contributed by atoms with Gasteiger partial charge in [-0.25, -0.2) is 4.79 Å². The number of anilines is 1. The van der Waals surface area contributed by atoms with Gasteiger partial charge in [-0.2, -0.15) is 4.37 Å². The van der Waals surface area contributed by atoms with Gasteiger partial charge >= 0.3 is 6.03 Å². The second kappa shape index (κ2) is 8.55. The minimum absolute atomic E-state index is 0.0351. The van der Waals surface area contributed by atoms with E-state index in [1.807, 2.05) is 52.0 Å². The summed E-state index contributed by atoms with van der Waals surface area (Å²) in [5.74, 6) is 0.0660. The first-order valence-electron chi connectivity index (χ1n) is 8.18. The van der Waals surface area contributed by atoms with E-state index in [1.165, 1.54) is 17.3 Å². The monoisotopic (exact) mass is 392 g/mol. The van der Waals surface area contributed by atoms with Crippen molar-refractivity contribution in [3.63, 3.8) is 0 Å². The van der Waals surface area contributed by atoms with Crippen LogP contribution in [0.15, 0.2) is 29.3 Å². The topological polar surface area (TPSA) is 97.1 Å². The second-order valence-electron chi connectivity index (χ2n) is 7.20. The van der Waals surface area contributed by atoms with Crippen LogP contribution in [0.2, 0.25) is 0 Å². The van der Waals surface area contributed by atoms with Crippen molar-refractivity contribution in [3.05, 3.63) is 41.0 Å². The van der Waals surface area contributed by atoms with Gasteiger partial charge in [0, 0.05) is 12.3 Å². The van der Waals surface area contributed by atoms with Crippen LogP contribution >= 0.6 is 23.3 Å². The second-order valence-corrected chi connectivity index (χ2v) is 8.94. The number of carbonyl (C=O) groups excluding carboxylic acids is 2. The number of aromatic nitrogens is 1. The maximum atomic E-state index is 12.1. The van der Waals surface area contributed by atoms with E-state index < -0.39 is 5.91 Å². The van der Waals surface area contributed by atoms with Crippen molar-refractivity contribution >= 4 is 40.2 Å². The number of rotatable bonds is 6. The van der Waals surface area contributed by atoms with Crippen LogP contribution in [0.5, 0.6) is 0 Å². The van der Waals surface area contributed by atoms with Gasteiger partial charge in [-0.05, 0) is 29.4 Å². The molecule has 0 unspecified atom stereocenters. The molecule has 1 heterocycles. The number of aryl methyl sites for hydroxylation is 1. The van der Waals surface area contributed by atoms with Gasteiger partial charge in [0.1, 0.15) is 15.6 Å². The van der Waals surface area contributed by atoms with Crippen LogP contribution in [0.1, 0.15) is 42.3 Å².